The Labute approximate surface area is 164 Å². The van der Waals surface area contributed by atoms with E-state index in [-0.39, 0.29) is 5.91 Å². The monoisotopic (exact) mass is 407 g/mol. The Balaban J connectivity index is 1.53. The van der Waals surface area contributed by atoms with Crippen molar-refractivity contribution < 1.29 is 13.2 Å². The minimum absolute atomic E-state index is 0.157. The molecule has 1 aromatic heterocycles. The van der Waals surface area contributed by atoms with Gasteiger partial charge in [-0.1, -0.05) is 6.92 Å². The normalized spacial score (nSPS) is 20.1. The van der Waals surface area contributed by atoms with E-state index in [0.717, 1.165) is 19.3 Å². The SMILES string of the molecule is C[C@H]1CN(CCNC(=O)c2ccc(NS(C)(=O)=O)cc2)[C@@H](C)c2sccc21. The Morgan fingerprint density at radius 1 is 1.22 bits per heavy atom. The van der Waals surface area contributed by atoms with E-state index in [1.807, 2.05) is 0 Å². The van der Waals surface area contributed by atoms with Gasteiger partial charge in [0.05, 0.1) is 6.26 Å². The second-order valence-electron chi connectivity index (χ2n) is 7.02. The van der Waals surface area contributed by atoms with E-state index in [2.05, 4.69) is 40.2 Å². The van der Waals surface area contributed by atoms with Crippen LogP contribution in [0.3, 0.4) is 0 Å². The van der Waals surface area contributed by atoms with E-state index < -0.39 is 10.0 Å². The highest BCUT2D eigenvalue weighted by Gasteiger charge is 2.28. The summed E-state index contributed by atoms with van der Waals surface area (Å²) in [5, 5.41) is 5.11. The topological polar surface area (TPSA) is 78.5 Å². The zero-order valence-corrected chi connectivity index (χ0v) is 17.4. The lowest BCUT2D eigenvalue weighted by molar-refractivity contribution is 0.0942. The number of benzene rings is 1. The predicted molar refractivity (Wildman–Crippen MR) is 110 cm³/mol. The van der Waals surface area contributed by atoms with Gasteiger partial charge in [0.1, 0.15) is 0 Å². The first-order valence-corrected chi connectivity index (χ1v) is 11.7. The molecule has 0 aliphatic carbocycles. The van der Waals surface area contributed by atoms with E-state index >= 15 is 0 Å². The Hall–Kier alpha value is -1.90. The fraction of sp³-hybridized carbons (Fsp3) is 0.421. The summed E-state index contributed by atoms with van der Waals surface area (Å²) in [5.41, 5.74) is 2.40. The number of sulfonamides is 1. The van der Waals surface area contributed by atoms with E-state index in [9.17, 15) is 13.2 Å². The Morgan fingerprint density at radius 3 is 2.59 bits per heavy atom. The third-order valence-corrected chi connectivity index (χ3v) is 6.54. The number of thiophene rings is 1. The molecular formula is C19H25N3O3S2. The second kappa shape index (κ2) is 8.00. The summed E-state index contributed by atoms with van der Waals surface area (Å²) in [7, 11) is -3.32. The molecule has 0 saturated carbocycles. The first kappa shape index (κ1) is 19.9. The van der Waals surface area contributed by atoms with E-state index in [0.29, 0.717) is 29.8 Å². The number of hydrogen-bond acceptors (Lipinski definition) is 5. The van der Waals surface area contributed by atoms with Crippen molar-refractivity contribution in [3.05, 3.63) is 51.7 Å². The van der Waals surface area contributed by atoms with Gasteiger partial charge in [-0.3, -0.25) is 14.4 Å². The average molecular weight is 408 g/mol. The van der Waals surface area contributed by atoms with Crippen LogP contribution in [0.4, 0.5) is 5.69 Å². The molecule has 2 N–H and O–H groups in total. The summed E-state index contributed by atoms with van der Waals surface area (Å²) in [6.07, 6.45) is 1.09. The summed E-state index contributed by atoms with van der Waals surface area (Å²) in [6.45, 7) is 6.82. The number of anilines is 1. The second-order valence-corrected chi connectivity index (χ2v) is 9.72. The van der Waals surface area contributed by atoms with E-state index in [4.69, 9.17) is 0 Å². The van der Waals surface area contributed by atoms with E-state index in [1.54, 1.807) is 35.6 Å². The molecule has 0 bridgehead atoms. The Kier molecular flexibility index (Phi) is 5.88. The van der Waals surface area contributed by atoms with Crippen molar-refractivity contribution >= 4 is 33.0 Å². The lowest BCUT2D eigenvalue weighted by atomic mass is 9.93. The number of carbonyl (C=O) groups is 1. The maximum Gasteiger partial charge on any atom is 0.251 e. The van der Waals surface area contributed by atoms with Gasteiger partial charge in [-0.05, 0) is 54.1 Å². The minimum atomic E-state index is -3.32. The fourth-order valence-electron chi connectivity index (χ4n) is 3.46. The largest absolute Gasteiger partial charge is 0.351 e. The molecule has 1 aliphatic heterocycles. The van der Waals surface area contributed by atoms with Gasteiger partial charge in [-0.2, -0.15) is 0 Å². The van der Waals surface area contributed by atoms with Crippen LogP contribution in [0.15, 0.2) is 35.7 Å². The number of carbonyl (C=O) groups excluding carboxylic acids is 1. The minimum Gasteiger partial charge on any atom is -0.351 e. The molecule has 1 aromatic carbocycles. The number of amides is 1. The fourth-order valence-corrected chi connectivity index (χ4v) is 5.13. The lowest BCUT2D eigenvalue weighted by Gasteiger charge is -2.36. The molecule has 3 rings (SSSR count). The summed E-state index contributed by atoms with van der Waals surface area (Å²) in [5.74, 6) is 0.350. The van der Waals surface area contributed by atoms with E-state index in [1.165, 1.54) is 10.4 Å². The molecule has 6 nitrogen and oxygen atoms in total. The van der Waals surface area contributed by atoms with Crippen LogP contribution in [0.5, 0.6) is 0 Å². The molecule has 1 aliphatic rings. The van der Waals surface area contributed by atoms with Gasteiger partial charge in [0, 0.05) is 41.8 Å². The summed E-state index contributed by atoms with van der Waals surface area (Å²) in [6, 6.07) is 9.00. The van der Waals surface area contributed by atoms with Crippen molar-refractivity contribution in [1.29, 1.82) is 0 Å². The van der Waals surface area contributed by atoms with Crippen molar-refractivity contribution in [3.63, 3.8) is 0 Å². The zero-order valence-electron chi connectivity index (χ0n) is 15.7. The van der Waals surface area contributed by atoms with Crippen LogP contribution in [0.2, 0.25) is 0 Å². The highest BCUT2D eigenvalue weighted by atomic mass is 32.2. The lowest BCUT2D eigenvalue weighted by Crippen LogP contribution is -2.40. The van der Waals surface area contributed by atoms with Gasteiger partial charge in [0.15, 0.2) is 0 Å². The third kappa shape index (κ3) is 4.88. The molecule has 0 spiro atoms. The summed E-state index contributed by atoms with van der Waals surface area (Å²) < 4.78 is 24.8. The molecule has 146 valence electrons. The van der Waals surface area contributed by atoms with Crippen LogP contribution in [0, 0.1) is 0 Å². The van der Waals surface area contributed by atoms with Crippen LogP contribution >= 0.6 is 11.3 Å². The molecule has 1 amide bonds. The van der Waals surface area contributed by atoms with Crippen molar-refractivity contribution in [1.82, 2.24) is 10.2 Å². The Morgan fingerprint density at radius 2 is 1.93 bits per heavy atom. The van der Waals surface area contributed by atoms with Gasteiger partial charge in [-0.15, -0.1) is 11.3 Å². The number of hydrogen-bond donors (Lipinski definition) is 2. The molecule has 0 unspecified atom stereocenters. The molecule has 2 aromatic rings. The molecule has 8 heteroatoms. The molecular weight excluding hydrogens is 382 g/mol. The number of nitrogens with one attached hydrogen (secondary N) is 2. The molecule has 2 heterocycles. The molecule has 27 heavy (non-hydrogen) atoms. The Bertz CT molecular complexity index is 907. The van der Waals surface area contributed by atoms with Gasteiger partial charge in [-0.25, -0.2) is 8.42 Å². The van der Waals surface area contributed by atoms with Crippen LogP contribution in [0.1, 0.15) is 46.6 Å². The van der Waals surface area contributed by atoms with Crippen LogP contribution in [-0.2, 0) is 10.0 Å². The quantitative estimate of drug-likeness (QED) is 0.772. The summed E-state index contributed by atoms with van der Waals surface area (Å²) in [4.78, 5) is 16.2. The smallest absolute Gasteiger partial charge is 0.251 e. The summed E-state index contributed by atoms with van der Waals surface area (Å²) >= 11 is 1.80. The maximum absolute atomic E-state index is 12.3. The maximum atomic E-state index is 12.3. The average Bonchev–Trinajstić information content (AvgIpc) is 3.09. The first-order valence-electron chi connectivity index (χ1n) is 8.92. The molecule has 0 saturated heterocycles. The van der Waals surface area contributed by atoms with Crippen molar-refractivity contribution in [2.24, 2.45) is 0 Å². The molecule has 0 radical (unpaired) electrons. The van der Waals surface area contributed by atoms with Gasteiger partial charge in [0.2, 0.25) is 10.0 Å². The van der Waals surface area contributed by atoms with Crippen LogP contribution in [0.25, 0.3) is 0 Å². The number of rotatable bonds is 6. The third-order valence-electron chi connectivity index (χ3n) is 4.83. The molecule has 0 fully saturated rings. The van der Waals surface area contributed by atoms with Crippen molar-refractivity contribution in [3.8, 4) is 0 Å². The highest BCUT2D eigenvalue weighted by molar-refractivity contribution is 7.92. The first-order chi connectivity index (χ1) is 12.7. The number of nitrogens with zero attached hydrogens (tertiary/aromatic N) is 1. The van der Waals surface area contributed by atoms with Crippen LogP contribution < -0.4 is 10.0 Å². The standard InChI is InChI=1S/C19H25N3O3S2/c1-13-12-22(14(2)18-17(13)8-11-26-18)10-9-20-19(23)15-4-6-16(7-5-15)21-27(3,24)25/h4-8,11,13-14,21H,9-10,12H2,1-3H3,(H,20,23)/t13-,14-/m0/s1. The predicted octanol–water partition coefficient (Wildman–Crippen LogP) is 3.03. The van der Waals surface area contributed by atoms with Gasteiger partial charge < -0.3 is 5.32 Å². The molecule has 2 atom stereocenters. The van der Waals surface area contributed by atoms with Gasteiger partial charge in [0.25, 0.3) is 5.91 Å². The van der Waals surface area contributed by atoms with Crippen molar-refractivity contribution in [2.45, 2.75) is 25.8 Å². The van der Waals surface area contributed by atoms with Gasteiger partial charge >= 0.3 is 0 Å². The van der Waals surface area contributed by atoms with Crippen molar-refractivity contribution in [2.75, 3.05) is 30.6 Å². The zero-order chi connectivity index (χ0) is 19.6. The highest BCUT2D eigenvalue weighted by Crippen LogP contribution is 2.38. The number of fused-ring (bicyclic) bond motifs is 1. The van der Waals surface area contributed by atoms with Crippen LogP contribution in [-0.4, -0.2) is 45.1 Å².